The largest absolute Gasteiger partial charge is 0.394 e. The molecular formula is C30H42FN3. The summed E-state index contributed by atoms with van der Waals surface area (Å²) in [6.45, 7) is 16.7. The van der Waals surface area contributed by atoms with Gasteiger partial charge in [-0.15, -0.1) is 6.58 Å². The summed E-state index contributed by atoms with van der Waals surface area (Å²) >= 11 is 0. The lowest BCUT2D eigenvalue weighted by molar-refractivity contribution is 0.325. The van der Waals surface area contributed by atoms with Crippen LogP contribution in [0.15, 0.2) is 79.0 Å². The van der Waals surface area contributed by atoms with Crippen molar-refractivity contribution in [1.82, 2.24) is 10.2 Å². The number of allylic oxidation sites excluding steroid dienone is 1. The molecule has 184 valence electrons. The second-order valence-corrected chi connectivity index (χ2v) is 8.82. The molecule has 1 aliphatic rings. The van der Waals surface area contributed by atoms with E-state index >= 15 is 4.39 Å². The zero-order valence-electron chi connectivity index (χ0n) is 21.5. The van der Waals surface area contributed by atoms with Gasteiger partial charge < -0.3 is 10.6 Å². The zero-order valence-corrected chi connectivity index (χ0v) is 21.5. The number of para-hydroxylation sites is 1. The molecule has 2 N–H and O–H groups in total. The van der Waals surface area contributed by atoms with Crippen molar-refractivity contribution in [2.75, 3.05) is 25.5 Å². The second kappa shape index (κ2) is 14.4. The number of anilines is 1. The van der Waals surface area contributed by atoms with Crippen LogP contribution in [0.3, 0.4) is 0 Å². The Morgan fingerprint density at radius 1 is 1.09 bits per heavy atom. The number of hydrogen-bond acceptors (Lipinski definition) is 3. The summed E-state index contributed by atoms with van der Waals surface area (Å²) < 4.78 is 15.3. The minimum atomic E-state index is -0.0823. The van der Waals surface area contributed by atoms with Gasteiger partial charge in [0.2, 0.25) is 0 Å². The Hall–Kier alpha value is -2.85. The zero-order chi connectivity index (χ0) is 24.9. The number of aryl methyl sites for hydroxylation is 1. The molecule has 1 unspecified atom stereocenters. The fraction of sp³-hybridized carbons (Fsp3) is 0.400. The maximum absolute atomic E-state index is 15.3. The van der Waals surface area contributed by atoms with Gasteiger partial charge in [-0.1, -0.05) is 56.0 Å². The van der Waals surface area contributed by atoms with Crippen molar-refractivity contribution >= 4 is 5.69 Å². The highest BCUT2D eigenvalue weighted by molar-refractivity contribution is 5.54. The summed E-state index contributed by atoms with van der Waals surface area (Å²) in [6.07, 6.45) is 7.60. The molecule has 34 heavy (non-hydrogen) atoms. The number of benzene rings is 2. The molecule has 0 bridgehead atoms. The van der Waals surface area contributed by atoms with Crippen LogP contribution in [0.4, 0.5) is 10.1 Å². The first kappa shape index (κ1) is 27.4. The van der Waals surface area contributed by atoms with Crippen molar-refractivity contribution in [1.29, 1.82) is 0 Å². The van der Waals surface area contributed by atoms with Crippen LogP contribution >= 0.6 is 0 Å². The lowest BCUT2D eigenvalue weighted by Crippen LogP contribution is -2.21. The maximum atomic E-state index is 15.3. The van der Waals surface area contributed by atoms with Crippen LogP contribution in [0.1, 0.15) is 50.3 Å². The molecule has 2 aromatic carbocycles. The van der Waals surface area contributed by atoms with E-state index in [1.54, 1.807) is 6.08 Å². The molecule has 0 radical (unpaired) electrons. The molecule has 4 heteroatoms. The Bertz CT molecular complexity index is 957. The van der Waals surface area contributed by atoms with E-state index < -0.39 is 0 Å². The Balaban J connectivity index is 0.00000129. The Kier molecular flexibility index (Phi) is 11.6. The van der Waals surface area contributed by atoms with Gasteiger partial charge in [-0.3, -0.25) is 4.90 Å². The fourth-order valence-electron chi connectivity index (χ4n) is 4.28. The summed E-state index contributed by atoms with van der Waals surface area (Å²) in [5, 5.41) is 6.71. The Labute approximate surface area is 206 Å². The predicted octanol–water partition coefficient (Wildman–Crippen LogP) is 6.88. The van der Waals surface area contributed by atoms with Gasteiger partial charge in [0.1, 0.15) is 5.82 Å². The minimum absolute atomic E-state index is 0.0307. The molecule has 1 aliphatic heterocycles. The van der Waals surface area contributed by atoms with Crippen LogP contribution in [0.2, 0.25) is 0 Å². The topological polar surface area (TPSA) is 27.3 Å². The molecule has 0 spiro atoms. The number of rotatable bonds is 10. The lowest BCUT2D eigenvalue weighted by atomic mass is 9.94. The Morgan fingerprint density at radius 2 is 1.71 bits per heavy atom. The molecule has 1 fully saturated rings. The molecule has 0 amide bonds. The molecule has 2 aromatic rings. The lowest BCUT2D eigenvalue weighted by Gasteiger charge is -2.23. The van der Waals surface area contributed by atoms with E-state index in [0.717, 1.165) is 47.5 Å². The van der Waals surface area contributed by atoms with Crippen molar-refractivity contribution in [3.05, 3.63) is 102 Å². The van der Waals surface area contributed by atoms with Gasteiger partial charge in [0.15, 0.2) is 0 Å². The van der Waals surface area contributed by atoms with Crippen LogP contribution in [0.5, 0.6) is 0 Å². The summed E-state index contributed by atoms with van der Waals surface area (Å²) in [4.78, 5) is 2.34. The highest BCUT2D eigenvalue weighted by Crippen LogP contribution is 2.25. The summed E-state index contributed by atoms with van der Waals surface area (Å²) in [6, 6.07) is 14.2. The average Bonchev–Trinajstić information content (AvgIpc) is 3.35. The maximum Gasteiger partial charge on any atom is 0.131 e. The Morgan fingerprint density at radius 3 is 2.35 bits per heavy atom. The van der Waals surface area contributed by atoms with Crippen molar-refractivity contribution < 1.29 is 4.39 Å². The normalized spacial score (nSPS) is 14.7. The van der Waals surface area contributed by atoms with Gasteiger partial charge >= 0.3 is 0 Å². The van der Waals surface area contributed by atoms with Crippen LogP contribution in [0, 0.1) is 5.82 Å². The molecular weight excluding hydrogens is 421 g/mol. The number of hydrogen-bond donors (Lipinski definition) is 2. The van der Waals surface area contributed by atoms with Gasteiger partial charge in [-0.2, -0.15) is 0 Å². The third-order valence-corrected chi connectivity index (χ3v) is 6.16. The summed E-state index contributed by atoms with van der Waals surface area (Å²) in [7, 11) is 1.87. The van der Waals surface area contributed by atoms with Crippen LogP contribution < -0.4 is 10.6 Å². The molecule has 3 nitrogen and oxygen atoms in total. The summed E-state index contributed by atoms with van der Waals surface area (Å²) in [5.41, 5.74) is 5.89. The third-order valence-electron chi connectivity index (χ3n) is 6.16. The van der Waals surface area contributed by atoms with Crippen LogP contribution in [0.25, 0.3) is 0 Å². The summed E-state index contributed by atoms with van der Waals surface area (Å²) in [5.74, 6) is -0.0823. The monoisotopic (exact) mass is 463 g/mol. The van der Waals surface area contributed by atoms with Crippen molar-refractivity contribution in [2.45, 2.75) is 59.0 Å². The third kappa shape index (κ3) is 7.88. The van der Waals surface area contributed by atoms with E-state index in [9.17, 15) is 0 Å². The van der Waals surface area contributed by atoms with Gasteiger partial charge in [0.05, 0.1) is 0 Å². The first-order valence-electron chi connectivity index (χ1n) is 12.4. The number of halogens is 1. The van der Waals surface area contributed by atoms with E-state index in [0.29, 0.717) is 13.0 Å². The minimum Gasteiger partial charge on any atom is -0.394 e. The average molecular weight is 464 g/mol. The second-order valence-electron chi connectivity index (χ2n) is 8.82. The first-order chi connectivity index (χ1) is 16.4. The molecule has 3 rings (SSSR count). The van der Waals surface area contributed by atoms with E-state index in [2.05, 4.69) is 60.7 Å². The quantitative estimate of drug-likeness (QED) is 0.297. The molecule has 1 saturated heterocycles. The molecule has 0 aliphatic carbocycles. The van der Waals surface area contributed by atoms with E-state index in [1.165, 1.54) is 18.4 Å². The highest BCUT2D eigenvalue weighted by Gasteiger charge is 2.18. The van der Waals surface area contributed by atoms with E-state index in [1.807, 2.05) is 44.4 Å². The molecule has 0 aromatic heterocycles. The first-order valence-corrected chi connectivity index (χ1v) is 12.4. The van der Waals surface area contributed by atoms with Crippen LogP contribution in [-0.2, 0) is 19.4 Å². The fourth-order valence-corrected chi connectivity index (χ4v) is 4.28. The van der Waals surface area contributed by atoms with Gasteiger partial charge in [-0.05, 0) is 74.5 Å². The van der Waals surface area contributed by atoms with Crippen LogP contribution in [-0.4, -0.2) is 31.1 Å². The van der Waals surface area contributed by atoms with E-state index in [-0.39, 0.29) is 11.9 Å². The van der Waals surface area contributed by atoms with Crippen molar-refractivity contribution in [2.24, 2.45) is 0 Å². The van der Waals surface area contributed by atoms with E-state index in [4.69, 9.17) is 0 Å². The van der Waals surface area contributed by atoms with Gasteiger partial charge in [0.25, 0.3) is 0 Å². The number of nitrogens with one attached hydrogen (secondary N) is 2. The van der Waals surface area contributed by atoms with Crippen molar-refractivity contribution in [3.8, 4) is 0 Å². The van der Waals surface area contributed by atoms with Crippen molar-refractivity contribution in [3.63, 3.8) is 0 Å². The SMILES string of the molecule is C=C(/C(=C\NC)Cc1cccc(CN2CCCC2)c1F)C(C)Nc1ccccc1CC.C=CC. The highest BCUT2D eigenvalue weighted by atomic mass is 19.1. The number of likely N-dealkylation sites (tertiary alicyclic amines) is 1. The number of nitrogens with zero attached hydrogens (tertiary/aromatic N) is 1. The standard InChI is InChI=1S/C27H36FN3.C3H6/c1-5-22-11-6-7-14-26(22)30-21(3)20(2)25(18-29-4)17-23-12-10-13-24(27(23)28)19-31-15-8-9-16-31;1-3-2/h6-7,10-14,18,21,29-30H,2,5,8-9,15-17,19H2,1,3-4H3;3H,1H2,2H3/b25-18-;. The van der Waals surface area contributed by atoms with Gasteiger partial charge in [0, 0.05) is 43.5 Å². The predicted molar refractivity (Wildman–Crippen MR) is 146 cm³/mol. The molecule has 1 atom stereocenters. The molecule has 0 saturated carbocycles. The van der Waals surface area contributed by atoms with Gasteiger partial charge in [-0.25, -0.2) is 4.39 Å². The smallest absolute Gasteiger partial charge is 0.131 e. The molecule has 1 heterocycles.